The molecule has 9 heteroatoms. The highest BCUT2D eigenvalue weighted by Crippen LogP contribution is 2.25. The number of aliphatic hydroxyl groups excluding tert-OH is 1. The number of imidazole rings is 1. The summed E-state index contributed by atoms with van der Waals surface area (Å²) in [6.45, 7) is 0.417. The third-order valence-electron chi connectivity index (χ3n) is 5.51. The van der Waals surface area contributed by atoms with Crippen LogP contribution in [-0.2, 0) is 0 Å². The minimum absolute atomic E-state index is 0.308. The first-order valence-electron chi connectivity index (χ1n) is 10.4. The lowest BCUT2D eigenvalue weighted by atomic mass is 9.90. The van der Waals surface area contributed by atoms with Gasteiger partial charge in [-0.15, -0.1) is 0 Å². The smallest absolute Gasteiger partial charge is 0.260 e. The SMILES string of the molecule is COc1cc2[nH]ncc2cc1C(=O)Nc1cnc2cccnn12.OCC1CCCCC1. The van der Waals surface area contributed by atoms with Crippen LogP contribution in [0.25, 0.3) is 16.6 Å². The lowest BCUT2D eigenvalue weighted by Crippen LogP contribution is -2.15. The molecular formula is C22H26N6O3. The summed E-state index contributed by atoms with van der Waals surface area (Å²) in [5.74, 6) is 1.28. The first-order valence-corrected chi connectivity index (χ1v) is 10.4. The lowest BCUT2D eigenvalue weighted by Gasteiger charge is -2.18. The Morgan fingerprint density at radius 2 is 2.13 bits per heavy atom. The van der Waals surface area contributed by atoms with Gasteiger partial charge < -0.3 is 15.2 Å². The number of ether oxygens (including phenoxy) is 1. The van der Waals surface area contributed by atoms with Crippen LogP contribution in [0.5, 0.6) is 5.75 Å². The number of benzene rings is 1. The molecule has 0 unspecified atom stereocenters. The standard InChI is InChI=1S/C15H12N6O2.C7H14O/c1-23-12-6-11-9(7-17-20-11)5-10(12)15(22)19-14-8-16-13-3-2-4-18-21(13)14;8-6-7-4-2-1-3-5-7/h2-8H,1H3,(H,17,20)(H,19,22);7-8H,1-6H2. The van der Waals surface area contributed by atoms with E-state index < -0.39 is 0 Å². The maximum Gasteiger partial charge on any atom is 0.260 e. The number of nitrogens with zero attached hydrogens (tertiary/aromatic N) is 4. The Kier molecular flexibility index (Phi) is 6.42. The summed E-state index contributed by atoms with van der Waals surface area (Å²) in [6.07, 6.45) is 11.4. The molecule has 3 heterocycles. The molecule has 9 nitrogen and oxygen atoms in total. The molecule has 1 aliphatic carbocycles. The van der Waals surface area contributed by atoms with E-state index in [9.17, 15) is 4.79 Å². The van der Waals surface area contributed by atoms with Gasteiger partial charge >= 0.3 is 0 Å². The average Bonchev–Trinajstić information content (AvgIpc) is 3.45. The van der Waals surface area contributed by atoms with Crippen molar-refractivity contribution >= 4 is 28.3 Å². The van der Waals surface area contributed by atoms with Gasteiger partial charge in [-0.2, -0.15) is 14.7 Å². The maximum absolute atomic E-state index is 12.6. The first kappa shape index (κ1) is 20.8. The predicted octanol–water partition coefficient (Wildman–Crippen LogP) is 3.43. The second-order valence-corrected chi connectivity index (χ2v) is 7.59. The number of hydrogen-bond donors (Lipinski definition) is 3. The number of carbonyl (C=O) groups excluding carboxylic acids is 1. The van der Waals surface area contributed by atoms with Crippen molar-refractivity contribution in [2.75, 3.05) is 19.0 Å². The second kappa shape index (κ2) is 9.57. The lowest BCUT2D eigenvalue weighted by molar-refractivity contribution is 0.102. The van der Waals surface area contributed by atoms with Crippen LogP contribution < -0.4 is 10.1 Å². The number of carbonyl (C=O) groups is 1. The van der Waals surface area contributed by atoms with Crippen molar-refractivity contribution in [1.82, 2.24) is 24.8 Å². The van der Waals surface area contributed by atoms with Crippen molar-refractivity contribution in [1.29, 1.82) is 0 Å². The van der Waals surface area contributed by atoms with E-state index in [2.05, 4.69) is 25.6 Å². The van der Waals surface area contributed by atoms with Gasteiger partial charge in [-0.1, -0.05) is 19.3 Å². The van der Waals surface area contributed by atoms with Crippen LogP contribution in [-0.4, -0.2) is 49.5 Å². The van der Waals surface area contributed by atoms with Crippen molar-refractivity contribution in [3.8, 4) is 5.75 Å². The molecule has 0 atom stereocenters. The van der Waals surface area contributed by atoms with Gasteiger partial charge in [-0.05, 0) is 37.0 Å². The highest BCUT2D eigenvalue weighted by Gasteiger charge is 2.16. The van der Waals surface area contributed by atoms with Gasteiger partial charge in [0.1, 0.15) is 5.75 Å². The number of methoxy groups -OCH3 is 1. The Hall–Kier alpha value is -3.46. The molecule has 1 aromatic carbocycles. The van der Waals surface area contributed by atoms with E-state index in [1.165, 1.54) is 39.2 Å². The molecule has 1 amide bonds. The fourth-order valence-corrected chi connectivity index (χ4v) is 3.79. The first-order chi connectivity index (χ1) is 15.2. The highest BCUT2D eigenvalue weighted by molar-refractivity contribution is 6.08. The number of amides is 1. The van der Waals surface area contributed by atoms with Crippen LogP contribution >= 0.6 is 0 Å². The minimum Gasteiger partial charge on any atom is -0.496 e. The maximum atomic E-state index is 12.6. The van der Waals surface area contributed by atoms with E-state index in [1.807, 2.05) is 0 Å². The summed E-state index contributed by atoms with van der Waals surface area (Å²) < 4.78 is 6.86. The topological polar surface area (TPSA) is 117 Å². The fraction of sp³-hybridized carbons (Fsp3) is 0.364. The van der Waals surface area contributed by atoms with Gasteiger partial charge in [0.15, 0.2) is 11.5 Å². The van der Waals surface area contributed by atoms with E-state index in [1.54, 1.807) is 47.4 Å². The average molecular weight is 422 g/mol. The van der Waals surface area contributed by atoms with Gasteiger partial charge in [0.2, 0.25) is 0 Å². The molecule has 5 rings (SSSR count). The molecule has 0 radical (unpaired) electrons. The van der Waals surface area contributed by atoms with Gasteiger partial charge in [0.05, 0.1) is 30.6 Å². The van der Waals surface area contributed by atoms with E-state index in [4.69, 9.17) is 9.84 Å². The number of fused-ring (bicyclic) bond motifs is 2. The molecule has 1 aliphatic rings. The van der Waals surface area contributed by atoms with Crippen molar-refractivity contribution in [3.05, 3.63) is 48.4 Å². The molecular weight excluding hydrogens is 396 g/mol. The van der Waals surface area contributed by atoms with E-state index >= 15 is 0 Å². The summed E-state index contributed by atoms with van der Waals surface area (Å²) >= 11 is 0. The van der Waals surface area contributed by atoms with Crippen molar-refractivity contribution < 1.29 is 14.6 Å². The number of nitrogens with one attached hydrogen (secondary N) is 2. The van der Waals surface area contributed by atoms with E-state index in [0.717, 1.165) is 10.9 Å². The number of aliphatic hydroxyl groups is 1. The van der Waals surface area contributed by atoms with Crippen LogP contribution in [0.1, 0.15) is 42.5 Å². The van der Waals surface area contributed by atoms with Gasteiger partial charge in [0.25, 0.3) is 5.91 Å². The Labute approximate surface area is 179 Å². The molecule has 3 N–H and O–H groups in total. The monoisotopic (exact) mass is 422 g/mol. The summed E-state index contributed by atoms with van der Waals surface area (Å²) in [7, 11) is 1.52. The largest absolute Gasteiger partial charge is 0.496 e. The molecule has 1 saturated carbocycles. The molecule has 162 valence electrons. The molecule has 4 aromatic rings. The van der Waals surface area contributed by atoms with Crippen LogP contribution in [0.4, 0.5) is 5.82 Å². The molecule has 0 spiro atoms. The minimum atomic E-state index is -0.308. The van der Waals surface area contributed by atoms with Crippen LogP contribution in [0.2, 0.25) is 0 Å². The van der Waals surface area contributed by atoms with Crippen molar-refractivity contribution in [3.63, 3.8) is 0 Å². The van der Waals surface area contributed by atoms with Gasteiger partial charge in [-0.25, -0.2) is 4.98 Å². The fourth-order valence-electron chi connectivity index (χ4n) is 3.79. The van der Waals surface area contributed by atoms with Crippen molar-refractivity contribution in [2.45, 2.75) is 32.1 Å². The Morgan fingerprint density at radius 3 is 2.87 bits per heavy atom. The molecule has 0 aliphatic heterocycles. The molecule has 0 saturated heterocycles. The van der Waals surface area contributed by atoms with Gasteiger partial charge in [-0.3, -0.25) is 9.89 Å². The van der Waals surface area contributed by atoms with Crippen LogP contribution in [0, 0.1) is 5.92 Å². The summed E-state index contributed by atoms with van der Waals surface area (Å²) in [5.41, 5.74) is 1.86. The number of aromatic nitrogens is 5. The summed E-state index contributed by atoms with van der Waals surface area (Å²) in [4.78, 5) is 16.8. The number of hydrogen-bond acceptors (Lipinski definition) is 6. The quantitative estimate of drug-likeness (QED) is 0.464. The zero-order valence-corrected chi connectivity index (χ0v) is 17.4. The van der Waals surface area contributed by atoms with Crippen LogP contribution in [0.15, 0.2) is 42.9 Å². The third-order valence-corrected chi connectivity index (χ3v) is 5.51. The number of aromatic amines is 1. The summed E-state index contributed by atoms with van der Waals surface area (Å²) in [5, 5.41) is 23.3. The van der Waals surface area contributed by atoms with Crippen LogP contribution in [0.3, 0.4) is 0 Å². The number of H-pyrrole nitrogens is 1. The number of rotatable bonds is 4. The number of anilines is 1. The van der Waals surface area contributed by atoms with Crippen molar-refractivity contribution in [2.24, 2.45) is 5.92 Å². The Morgan fingerprint density at radius 1 is 1.29 bits per heavy atom. The predicted molar refractivity (Wildman–Crippen MR) is 117 cm³/mol. The second-order valence-electron chi connectivity index (χ2n) is 7.59. The van der Waals surface area contributed by atoms with E-state index in [-0.39, 0.29) is 5.91 Å². The molecule has 31 heavy (non-hydrogen) atoms. The Bertz CT molecular complexity index is 1160. The molecule has 0 bridgehead atoms. The third kappa shape index (κ3) is 4.66. The highest BCUT2D eigenvalue weighted by atomic mass is 16.5. The molecule has 1 fully saturated rings. The van der Waals surface area contributed by atoms with E-state index in [0.29, 0.717) is 35.3 Å². The summed E-state index contributed by atoms with van der Waals surface area (Å²) in [6, 6.07) is 7.05. The Balaban J connectivity index is 0.000000245. The molecule has 3 aromatic heterocycles. The van der Waals surface area contributed by atoms with Gasteiger partial charge in [0, 0.05) is 24.3 Å². The zero-order chi connectivity index (χ0) is 21.6. The normalized spacial score (nSPS) is 14.3. The zero-order valence-electron chi connectivity index (χ0n) is 17.4.